The molecule has 0 bridgehead atoms. The molecule has 18 heavy (non-hydrogen) atoms. The quantitative estimate of drug-likeness (QED) is 0.704. The molecule has 0 spiro atoms. The largest absolute Gasteiger partial charge is 0.417 e. The standard InChI is InChI=1S/C12H6F5N/c13-9-3-1-7(2-4-9)11-10(14)5-8(6-18-11)12(15,16)17/h1-6H. The summed E-state index contributed by atoms with van der Waals surface area (Å²) in [4.78, 5) is 3.43. The summed E-state index contributed by atoms with van der Waals surface area (Å²) in [5.74, 6) is -1.62. The van der Waals surface area contributed by atoms with Crippen molar-refractivity contribution in [3.05, 3.63) is 53.7 Å². The molecule has 0 fully saturated rings. The second-order valence-electron chi connectivity index (χ2n) is 3.56. The molecule has 0 N–H and O–H groups in total. The molecule has 1 aromatic heterocycles. The third-order valence-electron chi connectivity index (χ3n) is 2.29. The lowest BCUT2D eigenvalue weighted by Gasteiger charge is -2.08. The summed E-state index contributed by atoms with van der Waals surface area (Å²) in [5.41, 5.74) is -1.20. The number of hydrogen-bond donors (Lipinski definition) is 0. The van der Waals surface area contributed by atoms with Crippen LogP contribution in [0.3, 0.4) is 0 Å². The minimum Gasteiger partial charge on any atom is -0.253 e. The van der Waals surface area contributed by atoms with Crippen molar-refractivity contribution < 1.29 is 22.0 Å². The van der Waals surface area contributed by atoms with Crippen LogP contribution in [-0.4, -0.2) is 4.98 Å². The van der Waals surface area contributed by atoms with Crippen LogP contribution < -0.4 is 0 Å². The zero-order chi connectivity index (χ0) is 13.3. The van der Waals surface area contributed by atoms with Gasteiger partial charge in [-0.15, -0.1) is 0 Å². The third kappa shape index (κ3) is 2.47. The minimum absolute atomic E-state index is 0.211. The smallest absolute Gasteiger partial charge is 0.253 e. The molecule has 2 aromatic rings. The lowest BCUT2D eigenvalue weighted by atomic mass is 10.1. The summed E-state index contributed by atoms with van der Waals surface area (Å²) in [6, 6.07) is 5.01. The number of nitrogens with zero attached hydrogens (tertiary/aromatic N) is 1. The highest BCUT2D eigenvalue weighted by molar-refractivity contribution is 5.59. The normalized spacial score (nSPS) is 11.6. The fraction of sp³-hybridized carbons (Fsp3) is 0.0833. The van der Waals surface area contributed by atoms with E-state index in [0.29, 0.717) is 12.3 Å². The first-order valence-corrected chi connectivity index (χ1v) is 4.86. The summed E-state index contributed by atoms with van der Waals surface area (Å²) >= 11 is 0. The molecule has 0 aliphatic rings. The predicted molar refractivity (Wildman–Crippen MR) is 54.6 cm³/mol. The van der Waals surface area contributed by atoms with Crippen molar-refractivity contribution in [2.75, 3.05) is 0 Å². The Balaban J connectivity index is 2.45. The first-order valence-electron chi connectivity index (χ1n) is 4.86. The van der Waals surface area contributed by atoms with Gasteiger partial charge in [0, 0.05) is 11.8 Å². The van der Waals surface area contributed by atoms with Crippen molar-refractivity contribution in [3.63, 3.8) is 0 Å². The zero-order valence-electron chi connectivity index (χ0n) is 8.80. The summed E-state index contributed by atoms with van der Waals surface area (Å²) in [6.45, 7) is 0. The predicted octanol–water partition coefficient (Wildman–Crippen LogP) is 4.05. The van der Waals surface area contributed by atoms with Gasteiger partial charge in [0.1, 0.15) is 17.3 Å². The van der Waals surface area contributed by atoms with E-state index in [-0.39, 0.29) is 11.3 Å². The molecular formula is C12H6F5N. The van der Waals surface area contributed by atoms with E-state index in [1.807, 2.05) is 0 Å². The third-order valence-corrected chi connectivity index (χ3v) is 2.29. The summed E-state index contributed by atoms with van der Waals surface area (Å²) in [5, 5.41) is 0. The van der Waals surface area contributed by atoms with Gasteiger partial charge in [0.25, 0.3) is 0 Å². The van der Waals surface area contributed by atoms with E-state index in [9.17, 15) is 22.0 Å². The van der Waals surface area contributed by atoms with Gasteiger partial charge in [-0.2, -0.15) is 13.2 Å². The maximum absolute atomic E-state index is 13.5. The van der Waals surface area contributed by atoms with Crippen LogP contribution in [0.1, 0.15) is 5.56 Å². The van der Waals surface area contributed by atoms with Crippen LogP contribution in [0.25, 0.3) is 11.3 Å². The van der Waals surface area contributed by atoms with Crippen LogP contribution in [0.4, 0.5) is 22.0 Å². The highest BCUT2D eigenvalue weighted by Crippen LogP contribution is 2.31. The van der Waals surface area contributed by atoms with Crippen molar-refractivity contribution in [1.82, 2.24) is 4.98 Å². The monoisotopic (exact) mass is 259 g/mol. The van der Waals surface area contributed by atoms with Crippen molar-refractivity contribution in [3.8, 4) is 11.3 Å². The Morgan fingerprint density at radius 2 is 1.56 bits per heavy atom. The maximum Gasteiger partial charge on any atom is 0.417 e. The number of aromatic nitrogens is 1. The summed E-state index contributed by atoms with van der Waals surface area (Å²) < 4.78 is 63.1. The van der Waals surface area contributed by atoms with Crippen LogP contribution in [0.2, 0.25) is 0 Å². The first-order chi connectivity index (χ1) is 8.38. The highest BCUT2D eigenvalue weighted by atomic mass is 19.4. The molecule has 2 rings (SSSR count). The van der Waals surface area contributed by atoms with Crippen LogP contribution in [0.5, 0.6) is 0 Å². The lowest BCUT2D eigenvalue weighted by molar-refractivity contribution is -0.138. The molecule has 1 aromatic carbocycles. The van der Waals surface area contributed by atoms with Gasteiger partial charge in [0.05, 0.1) is 5.56 Å². The maximum atomic E-state index is 13.5. The van der Waals surface area contributed by atoms with E-state index in [1.165, 1.54) is 12.1 Å². The Morgan fingerprint density at radius 1 is 0.944 bits per heavy atom. The van der Waals surface area contributed by atoms with E-state index in [0.717, 1.165) is 12.1 Å². The molecule has 0 saturated heterocycles. The van der Waals surface area contributed by atoms with Gasteiger partial charge in [-0.25, -0.2) is 8.78 Å². The van der Waals surface area contributed by atoms with Crippen LogP contribution in [0, 0.1) is 11.6 Å². The summed E-state index contributed by atoms with van der Waals surface area (Å²) in [7, 11) is 0. The van der Waals surface area contributed by atoms with Gasteiger partial charge in [-0.05, 0) is 30.3 Å². The number of pyridine rings is 1. The van der Waals surface area contributed by atoms with Crippen molar-refractivity contribution in [1.29, 1.82) is 0 Å². The van der Waals surface area contributed by atoms with Crippen molar-refractivity contribution in [2.24, 2.45) is 0 Å². The number of benzene rings is 1. The lowest BCUT2D eigenvalue weighted by Crippen LogP contribution is -2.06. The van der Waals surface area contributed by atoms with Gasteiger partial charge in [0.2, 0.25) is 0 Å². The Morgan fingerprint density at radius 3 is 2.06 bits per heavy atom. The van der Waals surface area contributed by atoms with Crippen molar-refractivity contribution in [2.45, 2.75) is 6.18 Å². The molecule has 0 aliphatic carbocycles. The van der Waals surface area contributed by atoms with Crippen LogP contribution in [0.15, 0.2) is 36.5 Å². The number of alkyl halides is 3. The van der Waals surface area contributed by atoms with E-state index < -0.39 is 23.4 Å². The first kappa shape index (κ1) is 12.5. The van der Waals surface area contributed by atoms with E-state index in [1.54, 1.807) is 0 Å². The number of rotatable bonds is 1. The van der Waals surface area contributed by atoms with Crippen LogP contribution in [-0.2, 0) is 6.18 Å². The van der Waals surface area contributed by atoms with Gasteiger partial charge in [0.15, 0.2) is 0 Å². The van der Waals surface area contributed by atoms with Gasteiger partial charge >= 0.3 is 6.18 Å². The van der Waals surface area contributed by atoms with Gasteiger partial charge in [-0.3, -0.25) is 4.98 Å². The average Bonchev–Trinajstić information content (AvgIpc) is 2.29. The topological polar surface area (TPSA) is 12.9 Å². The zero-order valence-corrected chi connectivity index (χ0v) is 8.80. The molecule has 1 nitrogen and oxygen atoms in total. The minimum atomic E-state index is -4.64. The number of halogens is 5. The molecule has 0 atom stereocenters. The van der Waals surface area contributed by atoms with E-state index in [2.05, 4.69) is 4.98 Å². The molecule has 6 heteroatoms. The molecule has 1 heterocycles. The SMILES string of the molecule is Fc1ccc(-c2ncc(C(F)(F)F)cc2F)cc1. The fourth-order valence-corrected chi connectivity index (χ4v) is 1.41. The molecular weight excluding hydrogens is 253 g/mol. The van der Waals surface area contributed by atoms with Crippen LogP contribution >= 0.6 is 0 Å². The molecule has 0 unspecified atom stereocenters. The molecule has 0 amide bonds. The van der Waals surface area contributed by atoms with Gasteiger partial charge < -0.3 is 0 Å². The summed E-state index contributed by atoms with van der Waals surface area (Å²) in [6.07, 6.45) is -4.10. The Kier molecular flexibility index (Phi) is 3.02. The molecule has 0 aliphatic heterocycles. The second kappa shape index (κ2) is 4.36. The Bertz CT molecular complexity index is 560. The average molecular weight is 259 g/mol. The molecule has 94 valence electrons. The van der Waals surface area contributed by atoms with Gasteiger partial charge in [-0.1, -0.05) is 0 Å². The Hall–Kier alpha value is -1.98. The van der Waals surface area contributed by atoms with E-state index >= 15 is 0 Å². The number of hydrogen-bond acceptors (Lipinski definition) is 1. The molecule has 0 radical (unpaired) electrons. The molecule has 0 saturated carbocycles. The Labute approximate surface area is 98.9 Å². The highest BCUT2D eigenvalue weighted by Gasteiger charge is 2.31. The van der Waals surface area contributed by atoms with Crippen molar-refractivity contribution >= 4 is 0 Å². The second-order valence-corrected chi connectivity index (χ2v) is 3.56. The fourth-order valence-electron chi connectivity index (χ4n) is 1.41. The van der Waals surface area contributed by atoms with E-state index in [4.69, 9.17) is 0 Å².